The third-order valence-electron chi connectivity index (χ3n) is 11.9. The lowest BCUT2D eigenvalue weighted by Crippen LogP contribution is -1.98. The minimum Gasteiger partial charge on any atom is -0.309 e. The molecule has 294 valence electrons. The highest BCUT2D eigenvalue weighted by molar-refractivity contribution is 6.12. The summed E-state index contributed by atoms with van der Waals surface area (Å²) < 4.78 is 4.60. The lowest BCUT2D eigenvalue weighted by molar-refractivity contribution is 1.16. The second-order valence-corrected chi connectivity index (χ2v) is 15.5. The van der Waals surface area contributed by atoms with Gasteiger partial charge in [0.05, 0.1) is 80.0 Å². The van der Waals surface area contributed by atoms with Crippen LogP contribution in [-0.2, 0) is 0 Å². The zero-order valence-corrected chi connectivity index (χ0v) is 33.9. The van der Waals surface area contributed by atoms with Gasteiger partial charge in [0.1, 0.15) is 0 Å². The summed E-state index contributed by atoms with van der Waals surface area (Å²) in [5, 5.41) is 44.7. The summed E-state index contributed by atoms with van der Waals surface area (Å²) in [4.78, 5) is 9.76. The van der Waals surface area contributed by atoms with Gasteiger partial charge in [-0.15, -0.1) is 0 Å². The molecule has 0 spiro atoms. The highest BCUT2D eigenvalue weighted by Gasteiger charge is 2.20. The molecule has 0 aliphatic carbocycles. The highest BCUT2D eigenvalue weighted by Crippen LogP contribution is 2.39. The summed E-state index contributed by atoms with van der Waals surface area (Å²) in [5.41, 5.74) is 12.6. The minimum atomic E-state index is 0.328. The van der Waals surface area contributed by atoms with E-state index in [2.05, 4.69) is 124 Å². The summed E-state index contributed by atoms with van der Waals surface area (Å²) in [6.07, 6.45) is 0. The lowest BCUT2D eigenvalue weighted by atomic mass is 9.92. The zero-order chi connectivity index (χ0) is 43.3. The van der Waals surface area contributed by atoms with Crippen molar-refractivity contribution in [1.29, 1.82) is 21.0 Å². The fourth-order valence-corrected chi connectivity index (χ4v) is 8.91. The number of para-hydroxylation sites is 3. The van der Waals surface area contributed by atoms with E-state index >= 15 is 0 Å². The maximum atomic E-state index is 10.6. The van der Waals surface area contributed by atoms with Gasteiger partial charge in [0.15, 0.2) is 5.82 Å². The Hall–Kier alpha value is -9.60. The van der Waals surface area contributed by atoms with Crippen LogP contribution in [0.5, 0.6) is 0 Å². The number of aromatic nitrogens is 4. The predicted molar refractivity (Wildman–Crippen MR) is 251 cm³/mol. The minimum absolute atomic E-state index is 0.328. The maximum absolute atomic E-state index is 10.6. The highest BCUT2D eigenvalue weighted by atomic mass is 15.0. The largest absolute Gasteiger partial charge is 0.309 e. The van der Waals surface area contributed by atoms with Gasteiger partial charge in [-0.05, 0) is 109 Å². The molecule has 0 aliphatic heterocycles. The molecular weight excluding hydrogens is 785 g/mol. The average molecular weight is 815 g/mol. The Kier molecular flexibility index (Phi) is 8.85. The van der Waals surface area contributed by atoms with Crippen molar-refractivity contribution in [2.75, 3.05) is 0 Å². The summed E-state index contributed by atoms with van der Waals surface area (Å²) in [5.74, 6) is 0.408. The van der Waals surface area contributed by atoms with E-state index in [9.17, 15) is 21.0 Å². The third-order valence-corrected chi connectivity index (χ3v) is 11.9. The van der Waals surface area contributed by atoms with Crippen LogP contribution >= 0.6 is 0 Å². The van der Waals surface area contributed by atoms with Crippen LogP contribution in [0, 0.1) is 45.3 Å². The molecule has 64 heavy (non-hydrogen) atoms. The smallest absolute Gasteiger partial charge is 0.160 e. The molecule has 11 rings (SSSR count). The van der Waals surface area contributed by atoms with E-state index in [0.29, 0.717) is 56.2 Å². The van der Waals surface area contributed by atoms with Crippen LogP contribution in [0.2, 0.25) is 0 Å². The summed E-state index contributed by atoms with van der Waals surface area (Å²) in [6.45, 7) is 0. The summed E-state index contributed by atoms with van der Waals surface area (Å²) in [6, 6.07) is 68.6. The van der Waals surface area contributed by atoms with Crippen molar-refractivity contribution in [3.05, 3.63) is 204 Å². The molecule has 0 bridgehead atoms. The van der Waals surface area contributed by atoms with Crippen LogP contribution in [0.25, 0.3) is 100 Å². The average Bonchev–Trinajstić information content (AvgIpc) is 3.88. The summed E-state index contributed by atoms with van der Waals surface area (Å²) >= 11 is 0. The van der Waals surface area contributed by atoms with E-state index in [4.69, 9.17) is 9.97 Å². The van der Waals surface area contributed by atoms with Crippen molar-refractivity contribution in [2.24, 2.45) is 0 Å². The molecule has 3 heterocycles. The molecule has 0 atom stereocenters. The van der Waals surface area contributed by atoms with Crippen molar-refractivity contribution < 1.29 is 0 Å². The number of benzene rings is 8. The third kappa shape index (κ3) is 6.12. The van der Waals surface area contributed by atoms with E-state index in [1.165, 1.54) is 10.8 Å². The monoisotopic (exact) mass is 814 g/mol. The second kappa shape index (κ2) is 15.1. The molecule has 0 amide bonds. The first-order valence-electron chi connectivity index (χ1n) is 20.5. The van der Waals surface area contributed by atoms with Gasteiger partial charge < -0.3 is 9.13 Å². The van der Waals surface area contributed by atoms with Crippen LogP contribution in [0.4, 0.5) is 0 Å². The molecule has 0 aliphatic rings. The van der Waals surface area contributed by atoms with Gasteiger partial charge in [-0.2, -0.15) is 21.0 Å². The van der Waals surface area contributed by atoms with E-state index < -0.39 is 0 Å². The molecule has 0 saturated carbocycles. The van der Waals surface area contributed by atoms with Crippen LogP contribution in [0.1, 0.15) is 22.3 Å². The first kappa shape index (κ1) is 37.4. The Morgan fingerprint density at radius 2 is 0.781 bits per heavy atom. The Morgan fingerprint density at radius 3 is 1.31 bits per heavy atom. The van der Waals surface area contributed by atoms with E-state index in [1.807, 2.05) is 42.5 Å². The van der Waals surface area contributed by atoms with Gasteiger partial charge in [0.2, 0.25) is 0 Å². The van der Waals surface area contributed by atoms with Crippen molar-refractivity contribution in [3.8, 4) is 80.7 Å². The fraction of sp³-hybridized carbons (Fsp3) is 0. The predicted octanol–water partition coefficient (Wildman–Crippen LogP) is 12.8. The van der Waals surface area contributed by atoms with Crippen molar-refractivity contribution in [2.45, 2.75) is 0 Å². The number of nitriles is 4. The number of fused-ring (bicyclic) bond motifs is 6. The first-order chi connectivity index (χ1) is 31.5. The standard InChI is InChI=1S/C56H30N8/c57-31-35-13-17-37(18-14-35)49-30-50(62-56(61-49)39-19-15-36(32-58)16-20-39)40-27-41(33-59)55(42(28-40)34-60)38-21-23-43(24-22-38)63-53-12-6-3-9-47(53)48-29-44(25-26-54(48)63)64-51-10-4-1-7-45(51)46-8-2-5-11-52(46)64/h1-30H. The van der Waals surface area contributed by atoms with Crippen LogP contribution < -0.4 is 0 Å². The van der Waals surface area contributed by atoms with Crippen LogP contribution in [0.3, 0.4) is 0 Å². The molecule has 11 aromatic rings. The van der Waals surface area contributed by atoms with Gasteiger partial charge in [-0.1, -0.05) is 78.9 Å². The number of nitrogens with zero attached hydrogens (tertiary/aromatic N) is 8. The molecule has 0 radical (unpaired) electrons. The second-order valence-electron chi connectivity index (χ2n) is 15.5. The van der Waals surface area contributed by atoms with Crippen molar-refractivity contribution in [1.82, 2.24) is 19.1 Å². The van der Waals surface area contributed by atoms with Gasteiger partial charge >= 0.3 is 0 Å². The number of rotatable bonds is 6. The molecule has 8 aromatic carbocycles. The molecule has 3 aromatic heterocycles. The van der Waals surface area contributed by atoms with Gasteiger partial charge in [0, 0.05) is 55.2 Å². The SMILES string of the molecule is N#Cc1ccc(-c2cc(-c3cc(C#N)c(-c4ccc(-n5c6ccccc6c6cc(-n7c8ccccc8c8ccccc87)ccc65)cc4)c(C#N)c3)nc(-c3ccc(C#N)cc3)n2)cc1. The number of hydrogen-bond donors (Lipinski definition) is 0. The van der Waals surface area contributed by atoms with Gasteiger partial charge in [0.25, 0.3) is 0 Å². The van der Waals surface area contributed by atoms with Crippen molar-refractivity contribution in [3.63, 3.8) is 0 Å². The Balaban J connectivity index is 1.00. The molecular formula is C56H30N8. The fourth-order valence-electron chi connectivity index (χ4n) is 8.91. The maximum Gasteiger partial charge on any atom is 0.160 e. The molecule has 8 heteroatoms. The topological polar surface area (TPSA) is 131 Å². The molecule has 8 nitrogen and oxygen atoms in total. The van der Waals surface area contributed by atoms with Crippen LogP contribution in [0.15, 0.2) is 182 Å². The zero-order valence-electron chi connectivity index (χ0n) is 33.9. The van der Waals surface area contributed by atoms with E-state index in [-0.39, 0.29) is 0 Å². The molecule has 0 N–H and O–H groups in total. The van der Waals surface area contributed by atoms with Gasteiger partial charge in [-0.25, -0.2) is 9.97 Å². The lowest BCUT2D eigenvalue weighted by Gasteiger charge is -2.14. The molecule has 0 saturated heterocycles. The summed E-state index contributed by atoms with van der Waals surface area (Å²) in [7, 11) is 0. The van der Waals surface area contributed by atoms with E-state index in [1.54, 1.807) is 48.5 Å². The van der Waals surface area contributed by atoms with Crippen molar-refractivity contribution >= 4 is 43.6 Å². The Labute approximate surface area is 367 Å². The first-order valence-corrected chi connectivity index (χ1v) is 20.5. The van der Waals surface area contributed by atoms with E-state index in [0.717, 1.165) is 55.3 Å². The molecule has 0 fully saturated rings. The van der Waals surface area contributed by atoms with Crippen LogP contribution in [-0.4, -0.2) is 19.1 Å². The Bertz CT molecular complexity index is 3700. The quantitative estimate of drug-likeness (QED) is 0.164. The normalized spacial score (nSPS) is 11.1. The van der Waals surface area contributed by atoms with Gasteiger partial charge in [-0.3, -0.25) is 0 Å². The molecule has 0 unspecified atom stereocenters. The number of hydrogen-bond acceptors (Lipinski definition) is 6. The Morgan fingerprint density at radius 1 is 0.344 bits per heavy atom.